The number of esters is 1. The molecule has 3 aliphatic carbocycles. The number of hydrogen-bond donors (Lipinski definition) is 0. The second kappa shape index (κ2) is 8.72. The number of hydrogen-bond acceptors (Lipinski definition) is 7. The predicted octanol–water partition coefficient (Wildman–Crippen LogP) is 3.91. The lowest BCUT2D eigenvalue weighted by Gasteiger charge is -2.54. The van der Waals surface area contributed by atoms with Crippen LogP contribution in [0.25, 0.3) is 0 Å². The minimum absolute atomic E-state index is 0.105. The summed E-state index contributed by atoms with van der Waals surface area (Å²) in [5, 5.41) is 10.8. The number of nitrogens with zero attached hydrogens (tertiary/aromatic N) is 2. The molecule has 2 bridgehead atoms. The molecular formula is C28H18Cl2N2O7. The zero-order chi connectivity index (χ0) is 27.7. The van der Waals surface area contributed by atoms with Gasteiger partial charge in [0.05, 0.1) is 16.8 Å². The molecule has 0 unspecified atom stereocenters. The van der Waals surface area contributed by atoms with Gasteiger partial charge in [0, 0.05) is 17.7 Å². The number of halogens is 2. The summed E-state index contributed by atoms with van der Waals surface area (Å²) in [6, 6.07) is 19.2. The van der Waals surface area contributed by atoms with E-state index in [1.54, 1.807) is 48.5 Å². The lowest BCUT2D eigenvalue weighted by atomic mass is 9.54. The quantitative estimate of drug-likeness (QED) is 0.111. The molecule has 9 nitrogen and oxygen atoms in total. The fourth-order valence-corrected chi connectivity index (χ4v) is 7.15. The number of carbonyl (C=O) groups excluding carboxylic acids is 4. The molecule has 1 aliphatic heterocycles. The smallest absolute Gasteiger partial charge is 0.326 e. The minimum Gasteiger partial charge on any atom is -0.456 e. The molecule has 7 rings (SSSR count). The summed E-state index contributed by atoms with van der Waals surface area (Å²) in [5.74, 6) is -4.97. The summed E-state index contributed by atoms with van der Waals surface area (Å²) in [6.07, 6.45) is 0. The van der Waals surface area contributed by atoms with E-state index in [-0.39, 0.29) is 11.3 Å². The summed E-state index contributed by atoms with van der Waals surface area (Å²) in [6.45, 7) is -1.39. The van der Waals surface area contributed by atoms with Gasteiger partial charge in [-0.05, 0) is 34.4 Å². The molecule has 196 valence electrons. The third-order valence-electron chi connectivity index (χ3n) is 7.73. The number of nitro benzene ring substituents is 1. The van der Waals surface area contributed by atoms with E-state index in [2.05, 4.69) is 0 Å². The van der Waals surface area contributed by atoms with Gasteiger partial charge in [-0.1, -0.05) is 48.5 Å². The van der Waals surface area contributed by atoms with Gasteiger partial charge in [-0.15, -0.1) is 23.2 Å². The molecule has 0 spiro atoms. The monoisotopic (exact) mass is 564 g/mol. The number of nitro groups is 1. The normalized spacial score (nSPS) is 26.1. The van der Waals surface area contributed by atoms with Crippen molar-refractivity contribution in [3.05, 3.63) is 111 Å². The number of non-ortho nitro benzene ring substituents is 1. The Morgan fingerprint density at radius 1 is 0.821 bits per heavy atom. The van der Waals surface area contributed by atoms with Crippen LogP contribution in [0.3, 0.4) is 0 Å². The molecule has 39 heavy (non-hydrogen) atoms. The molecule has 1 saturated heterocycles. The molecule has 2 atom stereocenters. The molecule has 3 aromatic rings. The van der Waals surface area contributed by atoms with Gasteiger partial charge in [-0.2, -0.15) is 0 Å². The number of ether oxygens (including phenoxy) is 1. The first-order chi connectivity index (χ1) is 18.6. The van der Waals surface area contributed by atoms with E-state index in [4.69, 9.17) is 27.9 Å². The fraction of sp³-hybridized carbons (Fsp3) is 0.214. The Kier molecular flexibility index (Phi) is 5.64. The molecule has 0 aromatic heterocycles. The van der Waals surface area contributed by atoms with Crippen molar-refractivity contribution in [3.63, 3.8) is 0 Å². The number of benzene rings is 3. The highest BCUT2D eigenvalue weighted by Gasteiger charge is 2.73. The van der Waals surface area contributed by atoms with Crippen molar-refractivity contribution in [2.75, 3.05) is 13.2 Å². The predicted molar refractivity (Wildman–Crippen MR) is 138 cm³/mol. The summed E-state index contributed by atoms with van der Waals surface area (Å²) in [4.78, 5) is 60.8. The van der Waals surface area contributed by atoms with E-state index < -0.39 is 63.2 Å². The lowest BCUT2D eigenvalue weighted by molar-refractivity contribution is -0.384. The lowest BCUT2D eigenvalue weighted by Crippen LogP contribution is -2.57. The van der Waals surface area contributed by atoms with Crippen molar-refractivity contribution in [1.82, 2.24) is 4.90 Å². The average molecular weight is 565 g/mol. The van der Waals surface area contributed by atoms with E-state index in [1.807, 2.05) is 0 Å². The average Bonchev–Trinajstić information content (AvgIpc) is 3.20. The van der Waals surface area contributed by atoms with Crippen molar-refractivity contribution in [2.45, 2.75) is 9.75 Å². The topological polar surface area (TPSA) is 124 Å². The van der Waals surface area contributed by atoms with Gasteiger partial charge >= 0.3 is 5.97 Å². The Bertz CT molecular complexity index is 1480. The van der Waals surface area contributed by atoms with E-state index in [1.165, 1.54) is 12.1 Å². The van der Waals surface area contributed by atoms with Crippen LogP contribution in [0.2, 0.25) is 0 Å². The van der Waals surface area contributed by atoms with Gasteiger partial charge in [0.2, 0.25) is 11.8 Å². The van der Waals surface area contributed by atoms with Crippen LogP contribution in [0.5, 0.6) is 0 Å². The van der Waals surface area contributed by atoms with Gasteiger partial charge in [-0.3, -0.25) is 34.2 Å². The second-order valence-corrected chi connectivity index (χ2v) is 10.8. The number of alkyl halides is 2. The van der Waals surface area contributed by atoms with Crippen LogP contribution in [0, 0.1) is 22.0 Å². The summed E-state index contributed by atoms with van der Waals surface area (Å²) in [7, 11) is 0. The number of imide groups is 1. The molecule has 0 N–H and O–H groups in total. The molecule has 1 heterocycles. The highest BCUT2D eigenvalue weighted by Crippen LogP contribution is 2.69. The van der Waals surface area contributed by atoms with Crippen LogP contribution in [0.4, 0.5) is 5.69 Å². The maximum absolute atomic E-state index is 13.7. The Morgan fingerprint density at radius 2 is 1.26 bits per heavy atom. The zero-order valence-corrected chi connectivity index (χ0v) is 21.5. The van der Waals surface area contributed by atoms with E-state index >= 15 is 0 Å². The van der Waals surface area contributed by atoms with Crippen molar-refractivity contribution in [1.29, 1.82) is 0 Å². The van der Waals surface area contributed by atoms with E-state index in [0.29, 0.717) is 22.3 Å². The molecule has 4 aliphatic rings. The van der Waals surface area contributed by atoms with Gasteiger partial charge in [-0.25, -0.2) is 0 Å². The molecular weight excluding hydrogens is 547 g/mol. The zero-order valence-electron chi connectivity index (χ0n) is 20.0. The molecule has 1 fully saturated rings. The largest absolute Gasteiger partial charge is 0.456 e. The van der Waals surface area contributed by atoms with Gasteiger partial charge in [0.25, 0.3) is 5.69 Å². The van der Waals surface area contributed by atoms with E-state index in [0.717, 1.165) is 17.0 Å². The van der Waals surface area contributed by atoms with Gasteiger partial charge in [0.1, 0.15) is 16.3 Å². The molecule has 3 aromatic carbocycles. The molecule has 11 heteroatoms. The maximum atomic E-state index is 13.7. The number of ketones is 1. The van der Waals surface area contributed by atoms with Crippen LogP contribution in [-0.4, -0.2) is 46.5 Å². The van der Waals surface area contributed by atoms with Gasteiger partial charge < -0.3 is 4.74 Å². The Morgan fingerprint density at radius 3 is 1.67 bits per heavy atom. The summed E-state index contributed by atoms with van der Waals surface area (Å²) >= 11 is 14.6. The first kappa shape index (κ1) is 25.2. The van der Waals surface area contributed by atoms with Crippen LogP contribution >= 0.6 is 23.2 Å². The molecule has 2 amide bonds. The Labute approximate surface area is 231 Å². The third-order valence-corrected chi connectivity index (χ3v) is 9.01. The third kappa shape index (κ3) is 3.39. The van der Waals surface area contributed by atoms with Crippen molar-refractivity contribution in [2.24, 2.45) is 11.8 Å². The van der Waals surface area contributed by atoms with Crippen LogP contribution in [0.1, 0.15) is 32.6 Å². The van der Waals surface area contributed by atoms with Crippen LogP contribution in [-0.2, 0) is 28.9 Å². The van der Waals surface area contributed by atoms with Crippen molar-refractivity contribution < 1.29 is 28.8 Å². The van der Waals surface area contributed by atoms with Crippen LogP contribution < -0.4 is 0 Å². The second-order valence-electron chi connectivity index (χ2n) is 9.62. The minimum atomic E-state index is -1.37. The highest BCUT2D eigenvalue weighted by molar-refractivity contribution is 6.36. The number of likely N-dealkylation sites (tertiary alicyclic amines) is 1. The number of carbonyl (C=O) groups is 4. The van der Waals surface area contributed by atoms with E-state index in [9.17, 15) is 29.3 Å². The van der Waals surface area contributed by atoms with Crippen molar-refractivity contribution >= 4 is 52.5 Å². The number of Topliss-reactive ketones (excluding diaryl/α,β-unsaturated/α-hetero) is 1. The summed E-state index contributed by atoms with van der Waals surface area (Å²) < 4.78 is 5.06. The fourth-order valence-electron chi connectivity index (χ4n) is 6.05. The summed E-state index contributed by atoms with van der Waals surface area (Å²) in [5.41, 5.74) is 2.47. The van der Waals surface area contributed by atoms with Crippen LogP contribution in [0.15, 0.2) is 72.8 Å². The molecule has 0 radical (unpaired) electrons. The Balaban J connectivity index is 1.26. The van der Waals surface area contributed by atoms with Crippen molar-refractivity contribution in [3.8, 4) is 0 Å². The molecule has 0 saturated carbocycles. The first-order valence-electron chi connectivity index (χ1n) is 12.0. The number of amides is 2. The number of rotatable bonds is 6. The standard InChI is InChI=1S/C28H18Cl2N2O7/c29-27-17-5-1-2-6-18(17)28(30,20-8-4-3-7-19(20)27)24-23(27)25(35)31(26(24)36)13-22(34)39-14-21(33)15-9-11-16(12-10-15)32(37)38/h1-12,23-24H,13-14H2/t23-,24-,27?,28?/m1/s1. The first-order valence-corrected chi connectivity index (χ1v) is 12.7. The maximum Gasteiger partial charge on any atom is 0.326 e. The Hall–Kier alpha value is -4.08. The SMILES string of the molecule is O=C(CN1C(=O)[C@H]2[C@H](C1=O)C1(Cl)c3ccccc3C2(Cl)c2ccccc21)OCC(=O)c1ccc([N+](=O)[O-])cc1. The highest BCUT2D eigenvalue weighted by atomic mass is 35.5. The van der Waals surface area contributed by atoms with Gasteiger partial charge in [0.15, 0.2) is 12.4 Å².